The van der Waals surface area contributed by atoms with Crippen LogP contribution in [0.25, 0.3) is 10.6 Å². The van der Waals surface area contributed by atoms with Crippen molar-refractivity contribution in [3.63, 3.8) is 0 Å². The molecule has 1 atom stereocenters. The van der Waals surface area contributed by atoms with Gasteiger partial charge in [-0.2, -0.15) is 0 Å². The number of nitrogens with zero attached hydrogens (tertiary/aromatic N) is 4. The summed E-state index contributed by atoms with van der Waals surface area (Å²) in [5, 5.41) is 1.19. The van der Waals surface area contributed by atoms with E-state index in [0.717, 1.165) is 29.2 Å². The number of hydrogen-bond acceptors (Lipinski definition) is 5. The maximum atomic E-state index is 4.87. The molecule has 1 fully saturated rings. The van der Waals surface area contributed by atoms with E-state index in [1.54, 1.807) is 11.3 Å². The largest absolute Gasteiger partial charge is 0.306 e. The Hall–Kier alpha value is -1.33. The highest BCUT2D eigenvalue weighted by Gasteiger charge is 2.21. The van der Waals surface area contributed by atoms with E-state index in [1.165, 1.54) is 24.4 Å². The fraction of sp³-hybridized carbons (Fsp3) is 0.588. The number of likely N-dealkylation sites (tertiary alicyclic amines) is 1. The lowest BCUT2D eigenvalue weighted by atomic mass is 9.95. The van der Waals surface area contributed by atoms with Crippen molar-refractivity contribution in [1.82, 2.24) is 19.9 Å². The minimum atomic E-state index is 0.509. The van der Waals surface area contributed by atoms with E-state index in [2.05, 4.69) is 35.8 Å². The van der Waals surface area contributed by atoms with Crippen LogP contribution in [0.2, 0.25) is 0 Å². The van der Waals surface area contributed by atoms with Crippen LogP contribution in [0.5, 0.6) is 0 Å². The van der Waals surface area contributed by atoms with Crippen molar-refractivity contribution in [2.24, 2.45) is 5.92 Å². The van der Waals surface area contributed by atoms with Crippen LogP contribution in [0.15, 0.2) is 18.6 Å². The first-order valence-corrected chi connectivity index (χ1v) is 8.89. The molecule has 0 bridgehead atoms. The van der Waals surface area contributed by atoms with Crippen molar-refractivity contribution in [2.45, 2.75) is 39.0 Å². The zero-order valence-corrected chi connectivity index (χ0v) is 14.4. The van der Waals surface area contributed by atoms with Crippen molar-refractivity contribution in [2.75, 3.05) is 20.1 Å². The topological polar surface area (TPSA) is 41.9 Å². The van der Waals surface area contributed by atoms with E-state index >= 15 is 0 Å². The van der Waals surface area contributed by atoms with Crippen LogP contribution in [0.3, 0.4) is 0 Å². The zero-order chi connectivity index (χ0) is 15.5. The molecule has 0 aliphatic carbocycles. The molecule has 2 aromatic heterocycles. The Morgan fingerprint density at radius 2 is 2.18 bits per heavy atom. The predicted molar refractivity (Wildman–Crippen MR) is 91.2 cm³/mol. The first-order valence-electron chi connectivity index (χ1n) is 8.07. The summed E-state index contributed by atoms with van der Waals surface area (Å²) in [7, 11) is 2.19. The van der Waals surface area contributed by atoms with Gasteiger partial charge in [0.15, 0.2) is 0 Å². The Morgan fingerprint density at radius 1 is 1.32 bits per heavy atom. The van der Waals surface area contributed by atoms with Crippen molar-refractivity contribution in [3.8, 4) is 10.6 Å². The summed E-state index contributed by atoms with van der Waals surface area (Å²) in [6.07, 6.45) is 9.23. The Kier molecular flexibility index (Phi) is 4.84. The molecule has 0 radical (unpaired) electrons. The minimum Gasteiger partial charge on any atom is -0.306 e. The molecular formula is C17H24N4S. The third-order valence-corrected chi connectivity index (χ3v) is 5.13. The highest BCUT2D eigenvalue weighted by Crippen LogP contribution is 2.29. The molecule has 118 valence electrons. The van der Waals surface area contributed by atoms with E-state index in [1.807, 2.05) is 18.6 Å². The van der Waals surface area contributed by atoms with Crippen LogP contribution < -0.4 is 0 Å². The summed E-state index contributed by atoms with van der Waals surface area (Å²) in [5.41, 5.74) is 2.10. The molecule has 1 aliphatic heterocycles. The number of rotatable bonds is 4. The number of piperidine rings is 1. The lowest BCUT2D eigenvalue weighted by molar-refractivity contribution is 0.248. The molecule has 0 saturated carbocycles. The molecular weight excluding hydrogens is 292 g/mol. The van der Waals surface area contributed by atoms with Gasteiger partial charge in [-0.1, -0.05) is 13.8 Å². The number of likely N-dealkylation sites (N-methyl/N-ethyl adjacent to an activating group) is 1. The lowest BCUT2D eigenvalue weighted by Crippen LogP contribution is -2.31. The van der Waals surface area contributed by atoms with Gasteiger partial charge < -0.3 is 4.90 Å². The fourth-order valence-corrected chi connectivity index (χ4v) is 4.06. The second-order valence-corrected chi connectivity index (χ2v) is 7.76. The van der Waals surface area contributed by atoms with Gasteiger partial charge in [0.05, 0.1) is 21.8 Å². The van der Waals surface area contributed by atoms with Crippen LogP contribution in [0, 0.1) is 5.92 Å². The van der Waals surface area contributed by atoms with Gasteiger partial charge in [0.25, 0.3) is 0 Å². The summed E-state index contributed by atoms with van der Waals surface area (Å²) in [6, 6.07) is 0. The van der Waals surface area contributed by atoms with Gasteiger partial charge in [0.2, 0.25) is 0 Å². The maximum absolute atomic E-state index is 4.87. The first kappa shape index (κ1) is 15.6. The van der Waals surface area contributed by atoms with E-state index in [0.29, 0.717) is 11.8 Å². The average Bonchev–Trinajstić information content (AvgIpc) is 2.95. The fourth-order valence-electron chi connectivity index (χ4n) is 2.98. The monoisotopic (exact) mass is 316 g/mol. The number of thiazole rings is 1. The summed E-state index contributed by atoms with van der Waals surface area (Å²) >= 11 is 1.75. The van der Waals surface area contributed by atoms with Crippen molar-refractivity contribution >= 4 is 11.3 Å². The third-order valence-electron chi connectivity index (χ3n) is 4.08. The molecule has 0 unspecified atom stereocenters. The molecule has 3 heterocycles. The summed E-state index contributed by atoms with van der Waals surface area (Å²) in [4.78, 5) is 17.4. The summed E-state index contributed by atoms with van der Waals surface area (Å²) in [6.45, 7) is 6.72. The quantitative estimate of drug-likeness (QED) is 0.864. The van der Waals surface area contributed by atoms with Gasteiger partial charge in [-0.3, -0.25) is 4.98 Å². The highest BCUT2D eigenvalue weighted by atomic mass is 32.1. The molecule has 0 aromatic carbocycles. The number of aromatic nitrogens is 3. The van der Waals surface area contributed by atoms with Crippen molar-refractivity contribution < 1.29 is 0 Å². The standard InChI is InChI=1S/C17H24N4S/c1-12(2)7-17-19-10-16(22-17)15-9-18-8-14(20-15)13-5-4-6-21(3)11-13/h8-10,12-13H,4-7,11H2,1-3H3/t13-/m1/s1. The normalized spacial score (nSPS) is 19.7. The second kappa shape index (κ2) is 6.84. The molecule has 0 N–H and O–H groups in total. The first-order chi connectivity index (χ1) is 10.6. The van der Waals surface area contributed by atoms with Gasteiger partial charge in [-0.05, 0) is 32.4 Å². The lowest BCUT2D eigenvalue weighted by Gasteiger charge is -2.29. The second-order valence-electron chi connectivity index (χ2n) is 6.65. The van der Waals surface area contributed by atoms with Crippen LogP contribution in [0.1, 0.15) is 43.3 Å². The van der Waals surface area contributed by atoms with Crippen LogP contribution in [-0.2, 0) is 6.42 Å². The molecule has 2 aromatic rings. The highest BCUT2D eigenvalue weighted by molar-refractivity contribution is 7.15. The summed E-state index contributed by atoms with van der Waals surface area (Å²) in [5.74, 6) is 1.14. The van der Waals surface area contributed by atoms with Crippen molar-refractivity contribution in [3.05, 3.63) is 29.3 Å². The van der Waals surface area contributed by atoms with Gasteiger partial charge in [-0.25, -0.2) is 9.97 Å². The van der Waals surface area contributed by atoms with Crippen LogP contribution in [-0.4, -0.2) is 40.0 Å². The maximum Gasteiger partial charge on any atom is 0.100 e. The molecule has 5 heteroatoms. The number of hydrogen-bond donors (Lipinski definition) is 0. The van der Waals surface area contributed by atoms with Gasteiger partial charge in [0.1, 0.15) is 5.69 Å². The molecule has 0 amide bonds. The molecule has 1 saturated heterocycles. The molecule has 3 rings (SSSR count). The average molecular weight is 316 g/mol. The predicted octanol–water partition coefficient (Wildman–Crippen LogP) is 3.61. The van der Waals surface area contributed by atoms with Gasteiger partial charge in [-0.15, -0.1) is 11.3 Å². The Labute approximate surface area is 136 Å². The zero-order valence-electron chi connectivity index (χ0n) is 13.6. The minimum absolute atomic E-state index is 0.509. The molecule has 4 nitrogen and oxygen atoms in total. The van der Waals surface area contributed by atoms with Crippen molar-refractivity contribution in [1.29, 1.82) is 0 Å². The van der Waals surface area contributed by atoms with E-state index < -0.39 is 0 Å². The Morgan fingerprint density at radius 3 is 2.95 bits per heavy atom. The Bertz CT molecular complexity index is 623. The van der Waals surface area contributed by atoms with E-state index in [-0.39, 0.29) is 0 Å². The van der Waals surface area contributed by atoms with E-state index in [9.17, 15) is 0 Å². The molecule has 0 spiro atoms. The molecule has 1 aliphatic rings. The third kappa shape index (κ3) is 3.70. The van der Waals surface area contributed by atoms with E-state index in [4.69, 9.17) is 4.98 Å². The molecule has 22 heavy (non-hydrogen) atoms. The van der Waals surface area contributed by atoms with Crippen LogP contribution in [0.4, 0.5) is 0 Å². The van der Waals surface area contributed by atoms with Crippen LogP contribution >= 0.6 is 11.3 Å². The summed E-state index contributed by atoms with van der Waals surface area (Å²) < 4.78 is 0. The Balaban J connectivity index is 1.80. The van der Waals surface area contributed by atoms with Gasteiger partial charge in [0, 0.05) is 31.3 Å². The van der Waals surface area contributed by atoms with Gasteiger partial charge >= 0.3 is 0 Å². The SMILES string of the molecule is CC(C)Cc1ncc(-c2cncc([C@@H]3CCCN(C)C3)n2)s1. The smallest absolute Gasteiger partial charge is 0.100 e.